The zero-order valence-electron chi connectivity index (χ0n) is 8.65. The largest absolute Gasteiger partial charge is 0.405 e. The van der Waals surface area contributed by atoms with Gasteiger partial charge >= 0.3 is 6.18 Å². The predicted octanol–water partition coefficient (Wildman–Crippen LogP) is 2.67. The highest BCUT2D eigenvalue weighted by atomic mass is 35.5. The lowest BCUT2D eigenvalue weighted by Gasteiger charge is -2.21. The molecular weight excluding hydrogens is 280 g/mol. The summed E-state index contributed by atoms with van der Waals surface area (Å²) >= 11 is 11.5. The van der Waals surface area contributed by atoms with Gasteiger partial charge in [0.15, 0.2) is 5.82 Å². The summed E-state index contributed by atoms with van der Waals surface area (Å²) in [5, 5.41) is 0.141. The summed E-state index contributed by atoms with van der Waals surface area (Å²) in [6, 6.07) is 1.27. The number of nitrogen functional groups attached to an aromatic ring is 1. The molecule has 1 heterocycles. The molecule has 0 atom stereocenters. The molecule has 96 valence electrons. The molecule has 0 saturated carbocycles. The SMILES string of the molecule is CN(CC(F)(F)F)c1nc(NN)c(Cl)cc1Cl. The van der Waals surface area contributed by atoms with Gasteiger partial charge in [-0.2, -0.15) is 13.2 Å². The Balaban J connectivity index is 3.05. The fraction of sp³-hybridized carbons (Fsp3) is 0.375. The Labute approximate surface area is 105 Å². The Morgan fingerprint density at radius 2 is 2.00 bits per heavy atom. The van der Waals surface area contributed by atoms with Crippen LogP contribution < -0.4 is 16.2 Å². The first-order valence-corrected chi connectivity index (χ1v) is 5.10. The number of pyridine rings is 1. The summed E-state index contributed by atoms with van der Waals surface area (Å²) in [5.74, 6) is 5.12. The normalized spacial score (nSPS) is 11.5. The fourth-order valence-electron chi connectivity index (χ4n) is 1.17. The van der Waals surface area contributed by atoms with E-state index in [-0.39, 0.29) is 21.7 Å². The van der Waals surface area contributed by atoms with E-state index in [0.29, 0.717) is 0 Å². The molecule has 0 amide bonds. The van der Waals surface area contributed by atoms with Crippen LogP contribution in [0.2, 0.25) is 10.0 Å². The third-order valence-corrected chi connectivity index (χ3v) is 2.39. The highest BCUT2D eigenvalue weighted by molar-refractivity contribution is 6.37. The van der Waals surface area contributed by atoms with Gasteiger partial charge in [0.2, 0.25) is 0 Å². The van der Waals surface area contributed by atoms with Crippen molar-refractivity contribution in [3.05, 3.63) is 16.1 Å². The molecule has 0 unspecified atom stereocenters. The van der Waals surface area contributed by atoms with Crippen LogP contribution >= 0.6 is 23.2 Å². The van der Waals surface area contributed by atoms with Crippen molar-refractivity contribution in [3.8, 4) is 0 Å². The Morgan fingerprint density at radius 3 is 2.47 bits per heavy atom. The van der Waals surface area contributed by atoms with Crippen LogP contribution in [0.3, 0.4) is 0 Å². The van der Waals surface area contributed by atoms with Gasteiger partial charge in [0.25, 0.3) is 0 Å². The van der Waals surface area contributed by atoms with Gasteiger partial charge < -0.3 is 10.3 Å². The molecule has 0 fully saturated rings. The summed E-state index contributed by atoms with van der Waals surface area (Å²) in [7, 11) is 1.22. The number of rotatable bonds is 3. The number of nitrogens with zero attached hydrogens (tertiary/aromatic N) is 2. The lowest BCUT2D eigenvalue weighted by atomic mass is 10.4. The molecule has 1 aromatic rings. The van der Waals surface area contributed by atoms with E-state index >= 15 is 0 Å². The molecule has 0 radical (unpaired) electrons. The van der Waals surface area contributed by atoms with Crippen molar-refractivity contribution in [2.75, 3.05) is 23.9 Å². The number of nitrogens with one attached hydrogen (secondary N) is 1. The summed E-state index contributed by atoms with van der Waals surface area (Å²) in [4.78, 5) is 4.66. The number of hydrazine groups is 1. The zero-order chi connectivity index (χ0) is 13.2. The van der Waals surface area contributed by atoms with Gasteiger partial charge in [0, 0.05) is 7.05 Å². The fourth-order valence-corrected chi connectivity index (χ4v) is 1.73. The third kappa shape index (κ3) is 3.79. The average molecular weight is 289 g/mol. The van der Waals surface area contributed by atoms with E-state index in [1.807, 2.05) is 0 Å². The van der Waals surface area contributed by atoms with Crippen LogP contribution in [0, 0.1) is 0 Å². The first-order valence-electron chi connectivity index (χ1n) is 4.35. The monoisotopic (exact) mass is 288 g/mol. The second-order valence-corrected chi connectivity index (χ2v) is 4.05. The average Bonchev–Trinajstić information content (AvgIpc) is 2.14. The summed E-state index contributed by atoms with van der Waals surface area (Å²) < 4.78 is 36.6. The molecule has 0 spiro atoms. The molecule has 9 heteroatoms. The van der Waals surface area contributed by atoms with Gasteiger partial charge in [-0.15, -0.1) is 0 Å². The van der Waals surface area contributed by atoms with Gasteiger partial charge in [0.1, 0.15) is 12.4 Å². The number of hydrogen-bond donors (Lipinski definition) is 2. The number of hydrogen-bond acceptors (Lipinski definition) is 4. The number of alkyl halides is 3. The van der Waals surface area contributed by atoms with Crippen molar-refractivity contribution in [1.82, 2.24) is 4.98 Å². The van der Waals surface area contributed by atoms with Crippen LogP contribution in [-0.4, -0.2) is 24.8 Å². The van der Waals surface area contributed by atoms with Crippen LogP contribution in [0.1, 0.15) is 0 Å². The van der Waals surface area contributed by atoms with Gasteiger partial charge in [0.05, 0.1) is 10.0 Å². The number of anilines is 2. The lowest BCUT2D eigenvalue weighted by molar-refractivity contribution is -0.119. The summed E-state index contributed by atoms with van der Waals surface area (Å²) in [6.45, 7) is -1.18. The van der Waals surface area contributed by atoms with Crippen molar-refractivity contribution in [2.24, 2.45) is 5.84 Å². The maximum atomic E-state index is 12.2. The van der Waals surface area contributed by atoms with E-state index in [1.54, 1.807) is 0 Å². The third-order valence-electron chi connectivity index (χ3n) is 1.83. The van der Waals surface area contributed by atoms with E-state index in [0.717, 1.165) is 4.90 Å². The van der Waals surface area contributed by atoms with Gasteiger partial charge in [-0.05, 0) is 6.07 Å². The second kappa shape index (κ2) is 5.16. The quantitative estimate of drug-likeness (QED) is 0.663. The molecule has 1 aromatic heterocycles. The topological polar surface area (TPSA) is 54.2 Å². The first kappa shape index (κ1) is 14.1. The molecule has 0 bridgehead atoms. The minimum atomic E-state index is -4.35. The zero-order valence-corrected chi connectivity index (χ0v) is 10.2. The van der Waals surface area contributed by atoms with E-state index in [1.165, 1.54) is 13.1 Å². The Hall–Kier alpha value is -0.920. The molecule has 0 saturated heterocycles. The van der Waals surface area contributed by atoms with E-state index < -0.39 is 12.7 Å². The maximum Gasteiger partial charge on any atom is 0.405 e. The van der Waals surface area contributed by atoms with Crippen LogP contribution in [0.15, 0.2) is 6.07 Å². The molecule has 17 heavy (non-hydrogen) atoms. The van der Waals surface area contributed by atoms with Crippen molar-refractivity contribution in [3.63, 3.8) is 0 Å². The van der Waals surface area contributed by atoms with Crippen molar-refractivity contribution < 1.29 is 13.2 Å². The standard InChI is InChI=1S/C8H9Cl2F3N4/c1-17(3-8(11,12)13)7-5(10)2-4(9)6(15-7)16-14/h2H,3,14H2,1H3,(H,15,16). The van der Waals surface area contributed by atoms with Gasteiger partial charge in [-0.25, -0.2) is 10.8 Å². The van der Waals surface area contributed by atoms with Crippen LogP contribution in [-0.2, 0) is 0 Å². The highest BCUT2D eigenvalue weighted by Gasteiger charge is 2.30. The summed E-state index contributed by atoms with van der Waals surface area (Å²) in [5.41, 5.74) is 2.17. The first-order chi connectivity index (χ1) is 7.74. The molecule has 0 aliphatic carbocycles. The van der Waals surface area contributed by atoms with Crippen LogP contribution in [0.25, 0.3) is 0 Å². The van der Waals surface area contributed by atoms with Crippen LogP contribution in [0.5, 0.6) is 0 Å². The smallest absolute Gasteiger partial charge is 0.349 e. The minimum absolute atomic E-state index is 0.0146. The van der Waals surface area contributed by atoms with Crippen LogP contribution in [0.4, 0.5) is 24.8 Å². The molecule has 4 nitrogen and oxygen atoms in total. The number of nitrogens with two attached hydrogens (primary N) is 1. The lowest BCUT2D eigenvalue weighted by Crippen LogP contribution is -2.31. The summed E-state index contributed by atoms with van der Waals surface area (Å²) in [6.07, 6.45) is -4.35. The molecule has 0 aromatic carbocycles. The van der Waals surface area contributed by atoms with Gasteiger partial charge in [-0.3, -0.25) is 0 Å². The van der Waals surface area contributed by atoms with Crippen molar-refractivity contribution >= 4 is 34.8 Å². The maximum absolute atomic E-state index is 12.2. The second-order valence-electron chi connectivity index (χ2n) is 3.24. The Morgan fingerprint density at radius 1 is 1.41 bits per heavy atom. The minimum Gasteiger partial charge on any atom is -0.349 e. The highest BCUT2D eigenvalue weighted by Crippen LogP contribution is 2.31. The van der Waals surface area contributed by atoms with Crippen molar-refractivity contribution in [2.45, 2.75) is 6.18 Å². The molecule has 1 rings (SSSR count). The van der Waals surface area contributed by atoms with Crippen molar-refractivity contribution in [1.29, 1.82) is 0 Å². The molecular formula is C8H9Cl2F3N4. The molecule has 3 N–H and O–H groups in total. The van der Waals surface area contributed by atoms with E-state index in [9.17, 15) is 13.2 Å². The Kier molecular flexibility index (Phi) is 4.29. The van der Waals surface area contributed by atoms with Gasteiger partial charge in [-0.1, -0.05) is 23.2 Å². The van der Waals surface area contributed by atoms with E-state index in [2.05, 4.69) is 10.4 Å². The predicted molar refractivity (Wildman–Crippen MR) is 61.4 cm³/mol. The molecule has 0 aliphatic heterocycles. The molecule has 0 aliphatic rings. The van der Waals surface area contributed by atoms with E-state index in [4.69, 9.17) is 29.0 Å². The number of aromatic nitrogens is 1. The number of halogens is 5. The Bertz CT molecular complexity index is 410.